The summed E-state index contributed by atoms with van der Waals surface area (Å²) < 4.78 is 0. The summed E-state index contributed by atoms with van der Waals surface area (Å²) in [6, 6.07) is 9.17. The number of piperidine rings is 1. The molecule has 4 rings (SSSR count). The van der Waals surface area contributed by atoms with Crippen LogP contribution in [-0.2, 0) is 9.59 Å². The Bertz CT molecular complexity index is 739. The standard InChI is InChI=1S/C23H31N3O3/c27-21(16-6-2-1-3-7-16)24-19-8-4-5-9-20(19)25-22(28)17-12-14-26(15-13-17)23(29)18-10-11-18/h1-3,6-7,17-20H,4-5,8-15H2,(H,24,27)(H,25,28)/t19-,20-/m1/s1. The molecular formula is C23H31N3O3. The number of likely N-dealkylation sites (tertiary alicyclic amines) is 1. The quantitative estimate of drug-likeness (QED) is 0.801. The molecule has 2 N–H and O–H groups in total. The zero-order valence-electron chi connectivity index (χ0n) is 16.9. The van der Waals surface area contributed by atoms with E-state index < -0.39 is 0 Å². The van der Waals surface area contributed by atoms with E-state index in [0.29, 0.717) is 18.7 Å². The minimum Gasteiger partial charge on any atom is -0.351 e. The summed E-state index contributed by atoms with van der Waals surface area (Å²) in [5, 5.41) is 6.35. The lowest BCUT2D eigenvalue weighted by molar-refractivity contribution is -0.137. The van der Waals surface area contributed by atoms with Gasteiger partial charge < -0.3 is 15.5 Å². The van der Waals surface area contributed by atoms with E-state index in [9.17, 15) is 14.4 Å². The molecule has 1 saturated heterocycles. The van der Waals surface area contributed by atoms with Gasteiger partial charge in [-0.3, -0.25) is 14.4 Å². The maximum absolute atomic E-state index is 12.9. The molecule has 0 unspecified atom stereocenters. The van der Waals surface area contributed by atoms with Gasteiger partial charge in [-0.1, -0.05) is 31.0 Å². The molecule has 2 saturated carbocycles. The normalized spacial score (nSPS) is 25.3. The van der Waals surface area contributed by atoms with E-state index in [1.165, 1.54) is 0 Å². The van der Waals surface area contributed by atoms with Gasteiger partial charge in [-0.25, -0.2) is 0 Å². The van der Waals surface area contributed by atoms with Crippen LogP contribution < -0.4 is 10.6 Å². The average Bonchev–Trinajstić information content (AvgIpc) is 3.61. The van der Waals surface area contributed by atoms with Gasteiger partial charge in [0.2, 0.25) is 11.8 Å². The number of rotatable bonds is 5. The number of nitrogens with one attached hydrogen (secondary N) is 2. The van der Waals surface area contributed by atoms with Gasteiger partial charge >= 0.3 is 0 Å². The Kier molecular flexibility index (Phi) is 6.16. The molecule has 0 spiro atoms. The van der Waals surface area contributed by atoms with Gasteiger partial charge in [-0.05, 0) is 50.7 Å². The molecule has 0 bridgehead atoms. The van der Waals surface area contributed by atoms with Crippen molar-refractivity contribution >= 4 is 17.7 Å². The average molecular weight is 398 g/mol. The fourth-order valence-corrected chi connectivity index (χ4v) is 4.57. The van der Waals surface area contributed by atoms with Crippen LogP contribution in [0.25, 0.3) is 0 Å². The van der Waals surface area contributed by atoms with Crippen LogP contribution in [0.5, 0.6) is 0 Å². The summed E-state index contributed by atoms with van der Waals surface area (Å²) >= 11 is 0. The van der Waals surface area contributed by atoms with E-state index >= 15 is 0 Å². The first-order chi connectivity index (χ1) is 14.1. The third kappa shape index (κ3) is 4.98. The molecule has 1 aromatic rings. The number of benzene rings is 1. The number of carbonyl (C=O) groups excluding carboxylic acids is 3. The predicted octanol–water partition coefficient (Wildman–Crippen LogP) is 2.49. The zero-order valence-corrected chi connectivity index (χ0v) is 16.9. The molecule has 1 aliphatic heterocycles. The van der Waals surface area contributed by atoms with Crippen molar-refractivity contribution in [3.8, 4) is 0 Å². The summed E-state index contributed by atoms with van der Waals surface area (Å²) in [6.07, 6.45) is 7.43. The van der Waals surface area contributed by atoms with E-state index in [-0.39, 0.29) is 41.6 Å². The summed E-state index contributed by atoms with van der Waals surface area (Å²) in [6.45, 7) is 1.37. The summed E-state index contributed by atoms with van der Waals surface area (Å²) in [7, 11) is 0. The molecule has 3 fully saturated rings. The lowest BCUT2D eigenvalue weighted by Gasteiger charge is -2.36. The first-order valence-corrected chi connectivity index (χ1v) is 11.1. The monoisotopic (exact) mass is 397 g/mol. The largest absolute Gasteiger partial charge is 0.351 e. The van der Waals surface area contributed by atoms with E-state index in [1.807, 2.05) is 35.2 Å². The van der Waals surface area contributed by atoms with Gasteiger partial charge in [0, 0.05) is 42.6 Å². The van der Waals surface area contributed by atoms with Crippen LogP contribution in [0.3, 0.4) is 0 Å². The molecule has 6 nitrogen and oxygen atoms in total. The van der Waals surface area contributed by atoms with Crippen LogP contribution in [0.2, 0.25) is 0 Å². The summed E-state index contributed by atoms with van der Waals surface area (Å²) in [4.78, 5) is 39.5. The fraction of sp³-hybridized carbons (Fsp3) is 0.609. The van der Waals surface area contributed by atoms with Crippen molar-refractivity contribution < 1.29 is 14.4 Å². The Morgan fingerprint density at radius 1 is 0.759 bits per heavy atom. The molecule has 1 heterocycles. The highest BCUT2D eigenvalue weighted by atomic mass is 16.2. The van der Waals surface area contributed by atoms with E-state index in [1.54, 1.807) is 0 Å². The van der Waals surface area contributed by atoms with Gasteiger partial charge in [-0.15, -0.1) is 0 Å². The van der Waals surface area contributed by atoms with E-state index in [2.05, 4.69) is 10.6 Å². The first kappa shape index (κ1) is 19.9. The van der Waals surface area contributed by atoms with Crippen LogP contribution in [0.4, 0.5) is 0 Å². The second-order valence-corrected chi connectivity index (χ2v) is 8.72. The highest BCUT2D eigenvalue weighted by Gasteiger charge is 2.37. The molecule has 3 amide bonds. The van der Waals surface area contributed by atoms with Crippen LogP contribution in [-0.4, -0.2) is 47.8 Å². The van der Waals surface area contributed by atoms with Crippen molar-refractivity contribution in [2.45, 2.75) is 63.5 Å². The maximum atomic E-state index is 12.9. The van der Waals surface area contributed by atoms with Crippen molar-refractivity contribution in [2.75, 3.05) is 13.1 Å². The third-order valence-corrected chi connectivity index (χ3v) is 6.55. The lowest BCUT2D eigenvalue weighted by atomic mass is 9.88. The minimum atomic E-state index is -0.0800. The molecular weight excluding hydrogens is 366 g/mol. The van der Waals surface area contributed by atoms with Crippen molar-refractivity contribution in [3.05, 3.63) is 35.9 Å². The Morgan fingerprint density at radius 3 is 2.00 bits per heavy atom. The lowest BCUT2D eigenvalue weighted by Crippen LogP contribution is -2.55. The van der Waals surface area contributed by atoms with Crippen LogP contribution in [0.15, 0.2) is 30.3 Å². The van der Waals surface area contributed by atoms with Crippen molar-refractivity contribution in [3.63, 3.8) is 0 Å². The van der Waals surface area contributed by atoms with Gasteiger partial charge in [-0.2, -0.15) is 0 Å². The van der Waals surface area contributed by atoms with Gasteiger partial charge in [0.25, 0.3) is 5.91 Å². The van der Waals surface area contributed by atoms with E-state index in [4.69, 9.17) is 0 Å². The molecule has 156 valence electrons. The first-order valence-electron chi connectivity index (χ1n) is 11.1. The predicted molar refractivity (Wildman–Crippen MR) is 110 cm³/mol. The number of carbonyl (C=O) groups is 3. The SMILES string of the molecule is O=C(N[C@@H]1CCCC[C@H]1NC(=O)C1CCN(C(=O)C2CC2)CC1)c1ccccc1. The molecule has 0 radical (unpaired) electrons. The fourth-order valence-electron chi connectivity index (χ4n) is 4.57. The maximum Gasteiger partial charge on any atom is 0.251 e. The van der Waals surface area contributed by atoms with Crippen molar-refractivity contribution in [1.82, 2.24) is 15.5 Å². The topological polar surface area (TPSA) is 78.5 Å². The highest BCUT2D eigenvalue weighted by molar-refractivity contribution is 5.94. The number of amides is 3. The molecule has 0 aromatic heterocycles. The minimum absolute atomic E-state index is 0.0185. The van der Waals surface area contributed by atoms with Crippen LogP contribution in [0.1, 0.15) is 61.7 Å². The Labute approximate surface area is 172 Å². The van der Waals surface area contributed by atoms with Crippen LogP contribution >= 0.6 is 0 Å². The molecule has 2 aliphatic carbocycles. The smallest absolute Gasteiger partial charge is 0.251 e. The number of hydrogen-bond acceptors (Lipinski definition) is 3. The van der Waals surface area contributed by atoms with E-state index in [0.717, 1.165) is 51.4 Å². The van der Waals surface area contributed by atoms with Gasteiger partial charge in [0.15, 0.2) is 0 Å². The number of nitrogens with zero attached hydrogens (tertiary/aromatic N) is 1. The number of hydrogen-bond donors (Lipinski definition) is 2. The summed E-state index contributed by atoms with van der Waals surface area (Å²) in [5.74, 6) is 0.486. The molecule has 29 heavy (non-hydrogen) atoms. The zero-order chi connectivity index (χ0) is 20.2. The second-order valence-electron chi connectivity index (χ2n) is 8.72. The molecule has 3 aliphatic rings. The Balaban J connectivity index is 1.29. The molecule has 2 atom stereocenters. The molecule has 1 aromatic carbocycles. The highest BCUT2D eigenvalue weighted by Crippen LogP contribution is 2.32. The van der Waals surface area contributed by atoms with Crippen molar-refractivity contribution in [1.29, 1.82) is 0 Å². The van der Waals surface area contributed by atoms with Gasteiger partial charge in [0.1, 0.15) is 0 Å². The van der Waals surface area contributed by atoms with Crippen LogP contribution in [0, 0.1) is 11.8 Å². The third-order valence-electron chi connectivity index (χ3n) is 6.55. The molecule has 6 heteroatoms. The Morgan fingerprint density at radius 2 is 1.38 bits per heavy atom. The second kappa shape index (κ2) is 8.97. The Hall–Kier alpha value is -2.37. The summed E-state index contributed by atoms with van der Waals surface area (Å²) in [5.41, 5.74) is 0.649. The van der Waals surface area contributed by atoms with Gasteiger partial charge in [0.05, 0.1) is 0 Å². The van der Waals surface area contributed by atoms with Crippen molar-refractivity contribution in [2.24, 2.45) is 11.8 Å².